The van der Waals surface area contributed by atoms with Gasteiger partial charge in [0.1, 0.15) is 4.90 Å². The second kappa shape index (κ2) is 5.56. The fraction of sp³-hybridized carbons (Fsp3) is 0. The van der Waals surface area contributed by atoms with Gasteiger partial charge in [0.15, 0.2) is 0 Å². The van der Waals surface area contributed by atoms with Crippen LogP contribution < -0.4 is 0 Å². The Bertz CT molecular complexity index is 694. The van der Waals surface area contributed by atoms with Crippen LogP contribution in [0.1, 0.15) is 31.1 Å². The van der Waals surface area contributed by atoms with E-state index in [1.807, 2.05) is 0 Å². The highest BCUT2D eigenvalue weighted by molar-refractivity contribution is 7.86. The zero-order valence-electron chi connectivity index (χ0n) is 8.69. The fourth-order valence-corrected chi connectivity index (χ4v) is 2.54. The third-order valence-corrected chi connectivity index (χ3v) is 3.50. The Morgan fingerprint density at radius 1 is 0.947 bits per heavy atom. The molecule has 0 aromatic heterocycles. The van der Waals surface area contributed by atoms with Gasteiger partial charge in [0.2, 0.25) is 0 Å². The van der Waals surface area contributed by atoms with Gasteiger partial charge in [-0.2, -0.15) is 8.42 Å². The summed E-state index contributed by atoms with van der Waals surface area (Å²) in [5, 5.41) is -3.70. The van der Waals surface area contributed by atoms with Crippen LogP contribution in [0.2, 0.25) is 0 Å². The molecule has 102 valence electrons. The summed E-state index contributed by atoms with van der Waals surface area (Å²) < 4.78 is 31.3. The normalized spacial score (nSPS) is 11.2. The fourth-order valence-electron chi connectivity index (χ4n) is 1.29. The van der Waals surface area contributed by atoms with E-state index in [-0.39, 0.29) is 0 Å². The monoisotopic (exact) mass is 344 g/mol. The third-order valence-electron chi connectivity index (χ3n) is 2.02. The van der Waals surface area contributed by atoms with Gasteiger partial charge in [-0.3, -0.25) is 18.9 Å². The maximum Gasteiger partial charge on any atom is 0.295 e. The van der Waals surface area contributed by atoms with Crippen molar-refractivity contribution in [2.45, 2.75) is 4.90 Å². The van der Waals surface area contributed by atoms with Crippen LogP contribution in [0.5, 0.6) is 0 Å². The third kappa shape index (κ3) is 3.52. The van der Waals surface area contributed by atoms with Gasteiger partial charge in [0.05, 0.1) is 5.56 Å². The van der Waals surface area contributed by atoms with Crippen LogP contribution in [0.25, 0.3) is 0 Å². The number of carbonyl (C=O) groups excluding carboxylic acids is 3. The van der Waals surface area contributed by atoms with Gasteiger partial charge >= 0.3 is 0 Å². The molecule has 0 aliphatic carbocycles. The Balaban J connectivity index is 3.92. The zero-order chi connectivity index (χ0) is 15.0. The molecule has 1 N–H and O–H groups in total. The summed E-state index contributed by atoms with van der Waals surface area (Å²) in [6, 6.07) is 1.42. The zero-order valence-corrected chi connectivity index (χ0v) is 11.8. The largest absolute Gasteiger partial charge is 0.295 e. The Labute approximate surface area is 122 Å². The number of carbonyl (C=O) groups is 3. The van der Waals surface area contributed by atoms with E-state index in [0.717, 1.165) is 6.07 Å². The Morgan fingerprint density at radius 2 is 1.47 bits per heavy atom. The molecule has 1 rings (SSSR count). The molecule has 0 radical (unpaired) electrons. The van der Waals surface area contributed by atoms with Crippen LogP contribution in [0, 0.1) is 0 Å². The maximum atomic E-state index is 11.2. The molecule has 0 amide bonds. The van der Waals surface area contributed by atoms with Gasteiger partial charge < -0.3 is 0 Å². The number of hydrogen-bond acceptors (Lipinski definition) is 5. The maximum absolute atomic E-state index is 11.2. The van der Waals surface area contributed by atoms with Crippen molar-refractivity contribution in [1.29, 1.82) is 0 Å². The molecule has 0 unspecified atom stereocenters. The lowest BCUT2D eigenvalue weighted by atomic mass is 10.1. The molecule has 0 aliphatic heterocycles. The van der Waals surface area contributed by atoms with Crippen molar-refractivity contribution in [2.24, 2.45) is 0 Å². The molecule has 0 fully saturated rings. The average Bonchev–Trinajstić information content (AvgIpc) is 2.25. The van der Waals surface area contributed by atoms with Crippen molar-refractivity contribution in [3.63, 3.8) is 0 Å². The smallest absolute Gasteiger partial charge is 0.282 e. The lowest BCUT2D eigenvalue weighted by Crippen LogP contribution is -2.12. The van der Waals surface area contributed by atoms with Crippen molar-refractivity contribution < 1.29 is 27.4 Å². The molecule has 19 heavy (non-hydrogen) atoms. The van der Waals surface area contributed by atoms with E-state index in [2.05, 4.69) is 0 Å². The molecule has 0 atom stereocenters. The van der Waals surface area contributed by atoms with Gasteiger partial charge in [-0.15, -0.1) is 0 Å². The molecule has 0 aliphatic rings. The highest BCUT2D eigenvalue weighted by Crippen LogP contribution is 2.26. The molecule has 10 heteroatoms. The summed E-state index contributed by atoms with van der Waals surface area (Å²) in [7, 11) is -4.92. The predicted octanol–water partition coefficient (Wildman–Crippen LogP) is 2.07. The van der Waals surface area contributed by atoms with Crippen molar-refractivity contribution >= 4 is 60.6 Å². The SMILES string of the molecule is O=C(Cl)c1cc(C(=O)Cl)c(C(=O)Cl)c(S(=O)(=O)O)c1. The van der Waals surface area contributed by atoms with E-state index >= 15 is 0 Å². The number of hydrogen-bond donors (Lipinski definition) is 1. The van der Waals surface area contributed by atoms with Crippen LogP contribution in [0.15, 0.2) is 17.0 Å². The van der Waals surface area contributed by atoms with Crippen LogP contribution in [0.4, 0.5) is 0 Å². The van der Waals surface area contributed by atoms with Crippen LogP contribution >= 0.6 is 34.8 Å². The van der Waals surface area contributed by atoms with Crippen molar-refractivity contribution in [3.8, 4) is 0 Å². The van der Waals surface area contributed by atoms with Crippen LogP contribution in [0.3, 0.4) is 0 Å². The summed E-state index contributed by atoms with van der Waals surface area (Å²) in [6.45, 7) is 0. The first-order chi connectivity index (χ1) is 8.55. The van der Waals surface area contributed by atoms with E-state index in [0.29, 0.717) is 6.07 Å². The van der Waals surface area contributed by atoms with E-state index < -0.39 is 47.4 Å². The predicted molar refractivity (Wildman–Crippen MR) is 66.8 cm³/mol. The van der Waals surface area contributed by atoms with E-state index in [1.54, 1.807) is 0 Å². The molecule has 6 nitrogen and oxygen atoms in total. The molecule has 1 aromatic rings. The molecule has 0 bridgehead atoms. The second-order valence-corrected chi connectivity index (χ2v) is 5.61. The Morgan fingerprint density at radius 3 is 1.79 bits per heavy atom. The summed E-state index contributed by atoms with van der Waals surface area (Å²) in [4.78, 5) is 32.3. The van der Waals surface area contributed by atoms with Crippen molar-refractivity contribution in [3.05, 3.63) is 28.8 Å². The van der Waals surface area contributed by atoms with Gasteiger partial charge in [-0.25, -0.2) is 0 Å². The van der Waals surface area contributed by atoms with Gasteiger partial charge in [0, 0.05) is 11.1 Å². The number of benzene rings is 1. The highest BCUT2D eigenvalue weighted by Gasteiger charge is 2.27. The summed E-state index contributed by atoms with van der Waals surface area (Å²) in [5.41, 5.74) is -1.92. The van der Waals surface area contributed by atoms with Gasteiger partial charge in [0.25, 0.3) is 25.8 Å². The number of rotatable bonds is 4. The van der Waals surface area contributed by atoms with Crippen LogP contribution in [-0.2, 0) is 10.1 Å². The van der Waals surface area contributed by atoms with E-state index in [9.17, 15) is 22.8 Å². The average molecular weight is 346 g/mol. The highest BCUT2D eigenvalue weighted by atomic mass is 35.5. The minimum Gasteiger partial charge on any atom is -0.282 e. The molecule has 0 heterocycles. The van der Waals surface area contributed by atoms with E-state index in [1.165, 1.54) is 0 Å². The van der Waals surface area contributed by atoms with Crippen LogP contribution in [-0.4, -0.2) is 28.7 Å². The summed E-state index contributed by atoms with van der Waals surface area (Å²) >= 11 is 15.5. The minimum absolute atomic E-state index is 0.444. The lowest BCUT2D eigenvalue weighted by molar-refractivity contribution is 0.104. The van der Waals surface area contributed by atoms with Gasteiger partial charge in [-0.05, 0) is 46.9 Å². The lowest BCUT2D eigenvalue weighted by Gasteiger charge is -2.08. The molecular formula is C9H3Cl3O6S. The first-order valence-electron chi connectivity index (χ1n) is 4.30. The molecule has 0 saturated heterocycles. The minimum atomic E-state index is -4.92. The molecule has 0 saturated carbocycles. The second-order valence-electron chi connectivity index (χ2n) is 3.19. The van der Waals surface area contributed by atoms with Crippen molar-refractivity contribution in [2.75, 3.05) is 0 Å². The van der Waals surface area contributed by atoms with Crippen molar-refractivity contribution in [1.82, 2.24) is 0 Å². The first kappa shape index (κ1) is 16.1. The van der Waals surface area contributed by atoms with Gasteiger partial charge in [-0.1, -0.05) is 0 Å². The first-order valence-corrected chi connectivity index (χ1v) is 6.88. The quantitative estimate of drug-likeness (QED) is 0.661. The summed E-state index contributed by atoms with van der Waals surface area (Å²) in [5.74, 6) is 0. The molecule has 1 aromatic carbocycles. The van der Waals surface area contributed by atoms with E-state index in [4.69, 9.17) is 39.4 Å². The summed E-state index contributed by atoms with van der Waals surface area (Å²) in [6.07, 6.45) is 0. The number of halogens is 3. The molecular weight excluding hydrogens is 343 g/mol. The topological polar surface area (TPSA) is 106 Å². The molecule has 0 spiro atoms. The standard InChI is InChI=1S/C9H3Cl3O6S/c10-7(13)3-1-4(8(11)14)6(9(12)15)5(2-3)19(16,17)18/h1-2H,(H,16,17,18). The Kier molecular flexibility index (Phi) is 4.70. The Hall–Kier alpha value is -0.990.